The Labute approximate surface area is 169 Å². The van der Waals surface area contributed by atoms with Gasteiger partial charge in [0.15, 0.2) is 0 Å². The van der Waals surface area contributed by atoms with Crippen molar-refractivity contribution >= 4 is 22.3 Å². The van der Waals surface area contributed by atoms with Crippen LogP contribution in [-0.2, 0) is 26.6 Å². The van der Waals surface area contributed by atoms with Crippen LogP contribution in [-0.4, -0.2) is 49.7 Å². The standard InChI is InChI=1S/C20H23FN2O5S/c21-29(26,27)28-17-3-1-2-15(10-17)13-22-8-6-20(7-9-22)11-16(12-20)14-23-18(24)4-5-19(23)25/h1-5,10,16H,6-9,11-14H2. The largest absolute Gasteiger partial charge is 0.488 e. The smallest absolute Gasteiger partial charge is 0.358 e. The lowest BCUT2D eigenvalue weighted by Gasteiger charge is -2.53. The predicted octanol–water partition coefficient (Wildman–Crippen LogP) is 2.20. The molecule has 7 nitrogen and oxygen atoms in total. The third-order valence-corrected chi connectivity index (χ3v) is 6.59. The van der Waals surface area contributed by atoms with Gasteiger partial charge in [0.25, 0.3) is 11.8 Å². The third kappa shape index (κ3) is 4.67. The molecule has 156 valence electrons. The summed E-state index contributed by atoms with van der Waals surface area (Å²) in [5.74, 6) is -0.0679. The molecule has 0 unspecified atom stereocenters. The number of benzene rings is 1. The molecule has 9 heteroatoms. The highest BCUT2D eigenvalue weighted by atomic mass is 32.3. The number of piperidine rings is 1. The molecule has 1 saturated heterocycles. The summed E-state index contributed by atoms with van der Waals surface area (Å²) in [5, 5.41) is 0. The molecule has 1 aliphatic carbocycles. The number of likely N-dealkylation sites (tertiary alicyclic amines) is 1. The van der Waals surface area contributed by atoms with Gasteiger partial charge in [0.2, 0.25) is 0 Å². The van der Waals surface area contributed by atoms with Crippen LogP contribution < -0.4 is 4.18 Å². The van der Waals surface area contributed by atoms with Gasteiger partial charge in [-0.25, -0.2) is 0 Å². The van der Waals surface area contributed by atoms with Gasteiger partial charge < -0.3 is 4.18 Å². The summed E-state index contributed by atoms with van der Waals surface area (Å²) >= 11 is 0. The number of hydrogen-bond donors (Lipinski definition) is 0. The number of carbonyl (C=O) groups excluding carboxylic acids is 2. The van der Waals surface area contributed by atoms with E-state index in [4.69, 9.17) is 0 Å². The summed E-state index contributed by atoms with van der Waals surface area (Å²) in [6.45, 7) is 3.00. The molecule has 0 N–H and O–H groups in total. The molecule has 2 fully saturated rings. The first-order valence-electron chi connectivity index (χ1n) is 9.70. The van der Waals surface area contributed by atoms with Gasteiger partial charge in [0.05, 0.1) is 0 Å². The Bertz CT molecular complexity index is 927. The van der Waals surface area contributed by atoms with Crippen molar-refractivity contribution in [3.8, 4) is 5.75 Å². The molecule has 29 heavy (non-hydrogen) atoms. The second kappa shape index (κ2) is 7.53. The van der Waals surface area contributed by atoms with E-state index in [1.165, 1.54) is 23.1 Å². The Morgan fingerprint density at radius 1 is 1.10 bits per heavy atom. The monoisotopic (exact) mass is 422 g/mol. The molecule has 1 spiro atoms. The summed E-state index contributed by atoms with van der Waals surface area (Å²) in [5.41, 5.74) is 1.17. The molecule has 2 aliphatic heterocycles. The number of amides is 2. The number of imide groups is 1. The summed E-state index contributed by atoms with van der Waals surface area (Å²) in [6, 6.07) is 6.46. The van der Waals surface area contributed by atoms with Crippen molar-refractivity contribution in [1.82, 2.24) is 9.80 Å². The first-order valence-corrected chi connectivity index (χ1v) is 11.0. The quantitative estimate of drug-likeness (QED) is 0.516. The predicted molar refractivity (Wildman–Crippen MR) is 103 cm³/mol. The average Bonchev–Trinajstić information content (AvgIpc) is 2.93. The zero-order chi connectivity index (χ0) is 20.6. The highest BCUT2D eigenvalue weighted by Gasteiger charge is 2.46. The van der Waals surface area contributed by atoms with Crippen LogP contribution in [0.15, 0.2) is 36.4 Å². The second-order valence-corrected chi connectivity index (χ2v) is 9.25. The molecule has 0 radical (unpaired) electrons. The van der Waals surface area contributed by atoms with E-state index in [2.05, 4.69) is 9.08 Å². The van der Waals surface area contributed by atoms with Crippen LogP contribution in [0.5, 0.6) is 5.75 Å². The van der Waals surface area contributed by atoms with E-state index in [0.29, 0.717) is 24.4 Å². The topological polar surface area (TPSA) is 84.0 Å². The average molecular weight is 422 g/mol. The van der Waals surface area contributed by atoms with Crippen molar-refractivity contribution in [2.75, 3.05) is 19.6 Å². The number of carbonyl (C=O) groups is 2. The molecule has 2 amide bonds. The molecule has 2 heterocycles. The molecule has 1 aromatic carbocycles. The van der Waals surface area contributed by atoms with E-state index in [1.807, 2.05) is 6.07 Å². The maximum absolute atomic E-state index is 12.7. The minimum atomic E-state index is -5.02. The Kier molecular flexibility index (Phi) is 5.20. The lowest BCUT2D eigenvalue weighted by molar-refractivity contribution is -0.139. The van der Waals surface area contributed by atoms with Crippen LogP contribution in [0.4, 0.5) is 3.89 Å². The van der Waals surface area contributed by atoms with Crippen LogP contribution in [0.3, 0.4) is 0 Å². The van der Waals surface area contributed by atoms with Crippen molar-refractivity contribution in [2.45, 2.75) is 32.2 Å². The highest BCUT2D eigenvalue weighted by Crippen LogP contribution is 2.53. The molecule has 4 rings (SSSR count). The molecule has 3 aliphatic rings. The van der Waals surface area contributed by atoms with Crippen molar-refractivity contribution in [1.29, 1.82) is 0 Å². The van der Waals surface area contributed by atoms with Crippen molar-refractivity contribution < 1.29 is 26.1 Å². The van der Waals surface area contributed by atoms with Gasteiger partial charge >= 0.3 is 10.5 Å². The minimum absolute atomic E-state index is 0.0270. The van der Waals surface area contributed by atoms with Gasteiger partial charge in [-0.15, -0.1) is 0 Å². The van der Waals surface area contributed by atoms with Crippen LogP contribution in [0.2, 0.25) is 0 Å². The lowest BCUT2D eigenvalue weighted by Crippen LogP contribution is -2.50. The van der Waals surface area contributed by atoms with Gasteiger partial charge in [-0.05, 0) is 67.8 Å². The number of rotatable bonds is 6. The normalized spacial score (nSPS) is 22.3. The Hall–Kier alpha value is -2.26. The van der Waals surface area contributed by atoms with Crippen molar-refractivity contribution in [2.24, 2.45) is 11.3 Å². The van der Waals surface area contributed by atoms with Gasteiger partial charge in [0.1, 0.15) is 5.75 Å². The Morgan fingerprint density at radius 2 is 1.76 bits per heavy atom. The maximum Gasteiger partial charge on any atom is 0.488 e. The van der Waals surface area contributed by atoms with E-state index in [-0.39, 0.29) is 17.6 Å². The first kappa shape index (κ1) is 20.0. The molecule has 0 bridgehead atoms. The van der Waals surface area contributed by atoms with E-state index in [9.17, 15) is 21.9 Å². The van der Waals surface area contributed by atoms with Crippen molar-refractivity contribution in [3.05, 3.63) is 42.0 Å². The maximum atomic E-state index is 12.7. The van der Waals surface area contributed by atoms with Gasteiger partial charge in [0, 0.05) is 25.2 Å². The SMILES string of the molecule is O=C1C=CC(=O)N1CC1CC2(CCN(Cc3cccc(OS(=O)(=O)F)c3)CC2)C1. The van der Waals surface area contributed by atoms with E-state index < -0.39 is 10.5 Å². The first-order chi connectivity index (χ1) is 13.7. The Balaban J connectivity index is 1.25. The fourth-order valence-electron chi connectivity index (χ4n) is 4.83. The zero-order valence-electron chi connectivity index (χ0n) is 15.9. The summed E-state index contributed by atoms with van der Waals surface area (Å²) in [4.78, 5) is 27.0. The van der Waals surface area contributed by atoms with Crippen LogP contribution in [0.25, 0.3) is 0 Å². The van der Waals surface area contributed by atoms with Gasteiger partial charge in [-0.2, -0.15) is 8.42 Å². The molecular formula is C20H23FN2O5S. The molecule has 1 saturated carbocycles. The summed E-state index contributed by atoms with van der Waals surface area (Å²) < 4.78 is 38.3. The van der Waals surface area contributed by atoms with E-state index >= 15 is 0 Å². The van der Waals surface area contributed by atoms with E-state index in [1.54, 1.807) is 12.1 Å². The molecular weight excluding hydrogens is 399 g/mol. The lowest BCUT2D eigenvalue weighted by atomic mass is 9.57. The fraction of sp³-hybridized carbons (Fsp3) is 0.500. The van der Waals surface area contributed by atoms with Crippen LogP contribution >= 0.6 is 0 Å². The zero-order valence-corrected chi connectivity index (χ0v) is 16.7. The molecule has 1 aromatic rings. The van der Waals surface area contributed by atoms with Gasteiger partial charge in [-0.3, -0.25) is 19.4 Å². The van der Waals surface area contributed by atoms with E-state index in [0.717, 1.165) is 44.3 Å². The van der Waals surface area contributed by atoms with Crippen molar-refractivity contribution in [3.63, 3.8) is 0 Å². The minimum Gasteiger partial charge on any atom is -0.358 e. The van der Waals surface area contributed by atoms with Crippen LogP contribution in [0, 0.1) is 11.3 Å². The summed E-state index contributed by atoms with van der Waals surface area (Å²) in [7, 11) is -5.02. The fourth-order valence-corrected chi connectivity index (χ4v) is 5.16. The van der Waals surface area contributed by atoms with Gasteiger partial charge in [-0.1, -0.05) is 16.0 Å². The van der Waals surface area contributed by atoms with Crippen LogP contribution in [0.1, 0.15) is 31.2 Å². The Morgan fingerprint density at radius 3 is 2.38 bits per heavy atom. The number of nitrogens with zero attached hydrogens (tertiary/aromatic N) is 2. The highest BCUT2D eigenvalue weighted by molar-refractivity contribution is 7.81. The number of halogens is 1. The second-order valence-electron chi connectivity index (χ2n) is 8.29. The summed E-state index contributed by atoms with van der Waals surface area (Å²) in [6.07, 6.45) is 6.85. The third-order valence-electron chi connectivity index (χ3n) is 6.20. The number of hydrogen-bond acceptors (Lipinski definition) is 6. The molecule has 0 atom stereocenters. The molecule has 0 aromatic heterocycles.